The summed E-state index contributed by atoms with van der Waals surface area (Å²) in [6, 6.07) is 7.47. The first kappa shape index (κ1) is 13.2. The molecule has 1 rings (SSSR count). The van der Waals surface area contributed by atoms with Gasteiger partial charge in [-0.3, -0.25) is 0 Å². The first-order valence-corrected chi connectivity index (χ1v) is 6.27. The number of benzene rings is 1. The molecule has 16 heavy (non-hydrogen) atoms. The Bertz CT molecular complexity index is 308. The van der Waals surface area contributed by atoms with Gasteiger partial charge in [-0.25, -0.2) is 0 Å². The van der Waals surface area contributed by atoms with Crippen molar-refractivity contribution in [1.82, 2.24) is 5.32 Å². The lowest BCUT2D eigenvalue weighted by molar-refractivity contribution is 0.403. The second-order valence-corrected chi connectivity index (χ2v) is 5.17. The fourth-order valence-corrected chi connectivity index (χ4v) is 2.35. The van der Waals surface area contributed by atoms with Crippen molar-refractivity contribution in [3.63, 3.8) is 0 Å². The predicted octanol–water partition coefficient (Wildman–Crippen LogP) is 3.48. The molecule has 0 radical (unpaired) electrons. The van der Waals surface area contributed by atoms with Gasteiger partial charge in [0, 0.05) is 6.04 Å². The molecule has 0 heterocycles. The minimum Gasteiger partial charge on any atom is -0.317 e. The average Bonchev–Trinajstić information content (AvgIpc) is 2.16. The zero-order valence-electron chi connectivity index (χ0n) is 11.3. The molecule has 0 amide bonds. The van der Waals surface area contributed by atoms with Crippen LogP contribution in [0.3, 0.4) is 0 Å². The molecule has 1 aromatic rings. The van der Waals surface area contributed by atoms with Crippen molar-refractivity contribution in [2.75, 3.05) is 7.05 Å². The molecule has 1 nitrogen and oxygen atoms in total. The van der Waals surface area contributed by atoms with E-state index in [1.54, 1.807) is 0 Å². The van der Waals surface area contributed by atoms with Gasteiger partial charge in [0.05, 0.1) is 0 Å². The largest absolute Gasteiger partial charge is 0.317 e. The molecule has 0 aliphatic rings. The molecular formula is C15H25N. The van der Waals surface area contributed by atoms with Crippen LogP contribution in [-0.2, 0) is 6.42 Å². The third kappa shape index (κ3) is 3.97. The molecule has 1 aromatic carbocycles. The Kier molecular flexibility index (Phi) is 5.01. The van der Waals surface area contributed by atoms with E-state index >= 15 is 0 Å². The molecule has 0 aromatic heterocycles. The van der Waals surface area contributed by atoms with Gasteiger partial charge >= 0.3 is 0 Å². The number of nitrogens with one attached hydrogen (secondary N) is 1. The Morgan fingerprint density at radius 3 is 2.06 bits per heavy atom. The fourth-order valence-electron chi connectivity index (χ4n) is 2.35. The molecular weight excluding hydrogens is 194 g/mol. The Morgan fingerprint density at radius 1 is 1.06 bits per heavy atom. The lowest BCUT2D eigenvalue weighted by atomic mass is 9.95. The maximum atomic E-state index is 3.40. The maximum absolute atomic E-state index is 3.40. The molecule has 0 aliphatic heterocycles. The summed E-state index contributed by atoms with van der Waals surface area (Å²) in [5.41, 5.74) is 4.22. The van der Waals surface area contributed by atoms with Crippen molar-refractivity contribution < 1.29 is 0 Å². The zero-order valence-corrected chi connectivity index (χ0v) is 11.3. The third-order valence-electron chi connectivity index (χ3n) is 3.20. The van der Waals surface area contributed by atoms with E-state index in [1.807, 2.05) is 0 Å². The van der Waals surface area contributed by atoms with Crippen molar-refractivity contribution in [3.8, 4) is 0 Å². The maximum Gasteiger partial charge on any atom is 0.00902 e. The Hall–Kier alpha value is -0.820. The van der Waals surface area contributed by atoms with Gasteiger partial charge in [0.1, 0.15) is 0 Å². The second kappa shape index (κ2) is 6.05. The van der Waals surface area contributed by atoms with E-state index in [-0.39, 0.29) is 0 Å². The molecule has 1 heteroatoms. The number of hydrogen-bond donors (Lipinski definition) is 1. The molecule has 1 unspecified atom stereocenters. The minimum atomic E-state index is 0.626. The van der Waals surface area contributed by atoms with E-state index in [4.69, 9.17) is 0 Å². The summed E-state index contributed by atoms with van der Waals surface area (Å²) in [4.78, 5) is 0. The number of aryl methyl sites for hydroxylation is 3. The molecule has 90 valence electrons. The number of rotatable bonds is 5. The fraction of sp³-hybridized carbons (Fsp3) is 0.600. The highest BCUT2D eigenvalue weighted by molar-refractivity contribution is 5.28. The van der Waals surface area contributed by atoms with Gasteiger partial charge in [-0.15, -0.1) is 0 Å². The number of hydrogen-bond acceptors (Lipinski definition) is 1. The third-order valence-corrected chi connectivity index (χ3v) is 3.20. The first-order chi connectivity index (χ1) is 7.52. The van der Waals surface area contributed by atoms with Crippen LogP contribution in [0.15, 0.2) is 18.2 Å². The van der Waals surface area contributed by atoms with Crippen LogP contribution in [0, 0.1) is 19.8 Å². The zero-order chi connectivity index (χ0) is 12.1. The van der Waals surface area contributed by atoms with Gasteiger partial charge in [-0.1, -0.05) is 43.2 Å². The summed E-state index contributed by atoms with van der Waals surface area (Å²) in [5.74, 6) is 0.705. The highest BCUT2D eigenvalue weighted by atomic mass is 14.9. The Balaban J connectivity index is 2.60. The lowest BCUT2D eigenvalue weighted by Crippen LogP contribution is -2.31. The van der Waals surface area contributed by atoms with Crippen LogP contribution >= 0.6 is 0 Å². The van der Waals surface area contributed by atoms with Crippen molar-refractivity contribution >= 4 is 0 Å². The van der Waals surface area contributed by atoms with E-state index in [9.17, 15) is 0 Å². The molecule has 0 saturated carbocycles. The van der Waals surface area contributed by atoms with Crippen LogP contribution in [0.25, 0.3) is 0 Å². The monoisotopic (exact) mass is 219 g/mol. The van der Waals surface area contributed by atoms with Crippen molar-refractivity contribution in [2.24, 2.45) is 5.92 Å². The van der Waals surface area contributed by atoms with Crippen molar-refractivity contribution in [1.29, 1.82) is 0 Å². The van der Waals surface area contributed by atoms with Crippen LogP contribution in [0.1, 0.15) is 37.0 Å². The van der Waals surface area contributed by atoms with Crippen molar-refractivity contribution in [3.05, 3.63) is 34.9 Å². The van der Waals surface area contributed by atoms with Gasteiger partial charge in [0.2, 0.25) is 0 Å². The summed E-state index contributed by atoms with van der Waals surface area (Å²) in [6.45, 7) is 8.91. The highest BCUT2D eigenvalue weighted by Gasteiger charge is 2.10. The predicted molar refractivity (Wildman–Crippen MR) is 71.9 cm³/mol. The van der Waals surface area contributed by atoms with E-state index in [2.05, 4.69) is 58.3 Å². The molecule has 0 bridgehead atoms. The Morgan fingerprint density at radius 2 is 1.62 bits per heavy atom. The smallest absolute Gasteiger partial charge is 0.00902 e. The summed E-state index contributed by atoms with van der Waals surface area (Å²) in [6.07, 6.45) is 2.39. The molecule has 0 fully saturated rings. The van der Waals surface area contributed by atoms with Gasteiger partial charge in [0.15, 0.2) is 0 Å². The quantitative estimate of drug-likeness (QED) is 0.799. The van der Waals surface area contributed by atoms with Crippen molar-refractivity contribution in [2.45, 2.75) is 46.6 Å². The molecule has 1 N–H and O–H groups in total. The van der Waals surface area contributed by atoms with Gasteiger partial charge in [-0.05, 0) is 45.2 Å². The molecule has 1 atom stereocenters. The van der Waals surface area contributed by atoms with Crippen LogP contribution in [-0.4, -0.2) is 13.1 Å². The van der Waals surface area contributed by atoms with Gasteiger partial charge in [0.25, 0.3) is 0 Å². The normalized spacial score (nSPS) is 13.1. The SMILES string of the molecule is CNC(CCc1cc(C)cc(C)c1)C(C)C. The summed E-state index contributed by atoms with van der Waals surface area (Å²) in [7, 11) is 2.06. The molecule has 0 aliphatic carbocycles. The highest BCUT2D eigenvalue weighted by Crippen LogP contribution is 2.14. The van der Waals surface area contributed by atoms with E-state index in [0.717, 1.165) is 0 Å². The lowest BCUT2D eigenvalue weighted by Gasteiger charge is -2.20. The van der Waals surface area contributed by atoms with Crippen LogP contribution < -0.4 is 5.32 Å². The second-order valence-electron chi connectivity index (χ2n) is 5.17. The topological polar surface area (TPSA) is 12.0 Å². The average molecular weight is 219 g/mol. The first-order valence-electron chi connectivity index (χ1n) is 6.27. The van der Waals surface area contributed by atoms with Gasteiger partial charge in [-0.2, -0.15) is 0 Å². The standard InChI is InChI=1S/C15H25N/c1-11(2)15(16-5)7-6-14-9-12(3)8-13(4)10-14/h8-11,15-16H,6-7H2,1-5H3. The van der Waals surface area contributed by atoms with Crippen LogP contribution in [0.4, 0.5) is 0 Å². The van der Waals surface area contributed by atoms with E-state index in [1.165, 1.54) is 29.5 Å². The Labute approximate surface area is 100 Å². The van der Waals surface area contributed by atoms with Crippen LogP contribution in [0.5, 0.6) is 0 Å². The minimum absolute atomic E-state index is 0.626. The summed E-state index contributed by atoms with van der Waals surface area (Å²) < 4.78 is 0. The summed E-state index contributed by atoms with van der Waals surface area (Å²) in [5, 5.41) is 3.40. The van der Waals surface area contributed by atoms with Crippen LogP contribution in [0.2, 0.25) is 0 Å². The summed E-state index contributed by atoms with van der Waals surface area (Å²) >= 11 is 0. The van der Waals surface area contributed by atoms with E-state index in [0.29, 0.717) is 12.0 Å². The molecule has 0 spiro atoms. The molecule has 0 saturated heterocycles. The van der Waals surface area contributed by atoms with E-state index < -0.39 is 0 Å². The van der Waals surface area contributed by atoms with Gasteiger partial charge < -0.3 is 5.32 Å².